The molecule has 0 spiro atoms. The number of nitrogens with zero attached hydrogens (tertiary/aromatic N) is 1. The predicted octanol–water partition coefficient (Wildman–Crippen LogP) is 1.31. The Morgan fingerprint density at radius 2 is 1.94 bits per heavy atom. The summed E-state index contributed by atoms with van der Waals surface area (Å²) in [6.45, 7) is 5.82. The summed E-state index contributed by atoms with van der Waals surface area (Å²) >= 11 is 0. The molecule has 0 aromatic heterocycles. The monoisotopic (exact) mass is 260 g/mol. The van der Waals surface area contributed by atoms with Gasteiger partial charge in [-0.1, -0.05) is 13.8 Å². The third-order valence-electron chi connectivity index (χ3n) is 2.88. The lowest BCUT2D eigenvalue weighted by molar-refractivity contribution is -0.138. The van der Waals surface area contributed by atoms with Crippen LogP contribution in [-0.4, -0.2) is 54.4 Å². The van der Waals surface area contributed by atoms with Crippen molar-refractivity contribution in [3.8, 4) is 0 Å². The van der Waals surface area contributed by atoms with E-state index >= 15 is 0 Å². The number of carboxylic acids is 1. The molecule has 0 aromatic rings. The van der Waals surface area contributed by atoms with Gasteiger partial charge in [0.05, 0.1) is 12.6 Å². The zero-order chi connectivity index (χ0) is 14.1. The quantitative estimate of drug-likeness (QED) is 0.689. The van der Waals surface area contributed by atoms with Crippen LogP contribution in [0.2, 0.25) is 0 Å². The summed E-state index contributed by atoms with van der Waals surface area (Å²) in [5.41, 5.74) is 0. The van der Waals surface area contributed by atoms with Gasteiger partial charge in [-0.15, -0.1) is 0 Å². The average Bonchev–Trinajstić information content (AvgIpc) is 2.33. The van der Waals surface area contributed by atoms with Crippen LogP contribution >= 0.6 is 0 Å². The third kappa shape index (κ3) is 5.86. The van der Waals surface area contributed by atoms with Gasteiger partial charge in [-0.05, 0) is 19.8 Å². The predicted molar refractivity (Wildman–Crippen MR) is 68.6 cm³/mol. The summed E-state index contributed by atoms with van der Waals surface area (Å²) in [5.74, 6) is -1.01. The Labute approximate surface area is 108 Å². The van der Waals surface area contributed by atoms with Crippen LogP contribution in [0.3, 0.4) is 0 Å². The lowest BCUT2D eigenvalue weighted by Crippen LogP contribution is -2.51. The molecule has 0 aromatic carbocycles. The lowest BCUT2D eigenvalue weighted by Gasteiger charge is -2.29. The molecule has 2 unspecified atom stereocenters. The number of aliphatic carboxylic acids is 1. The zero-order valence-corrected chi connectivity index (χ0v) is 11.6. The van der Waals surface area contributed by atoms with Gasteiger partial charge in [-0.3, -0.25) is 4.79 Å². The molecule has 0 aliphatic heterocycles. The summed E-state index contributed by atoms with van der Waals surface area (Å²) < 4.78 is 4.99. The second-order valence-electron chi connectivity index (χ2n) is 4.29. The largest absolute Gasteiger partial charge is 0.480 e. The van der Waals surface area contributed by atoms with Gasteiger partial charge in [-0.2, -0.15) is 0 Å². The van der Waals surface area contributed by atoms with Crippen molar-refractivity contribution < 1.29 is 19.4 Å². The molecule has 0 rings (SSSR count). The Hall–Kier alpha value is -1.30. The first-order chi connectivity index (χ1) is 8.46. The van der Waals surface area contributed by atoms with Crippen LogP contribution in [0.25, 0.3) is 0 Å². The van der Waals surface area contributed by atoms with Crippen LogP contribution < -0.4 is 5.32 Å². The lowest BCUT2D eigenvalue weighted by atomic mass is 10.2. The van der Waals surface area contributed by atoms with Gasteiger partial charge in [0.2, 0.25) is 0 Å². The van der Waals surface area contributed by atoms with E-state index in [1.165, 1.54) is 4.90 Å². The number of amides is 2. The maximum atomic E-state index is 12.0. The maximum Gasteiger partial charge on any atom is 0.323 e. The van der Waals surface area contributed by atoms with Gasteiger partial charge in [0.1, 0.15) is 6.54 Å². The van der Waals surface area contributed by atoms with Gasteiger partial charge in [-0.25, -0.2) is 4.79 Å². The first kappa shape index (κ1) is 16.7. The molecule has 0 fully saturated rings. The number of hydrogen-bond donors (Lipinski definition) is 2. The molecule has 6 nitrogen and oxygen atoms in total. The third-order valence-corrected chi connectivity index (χ3v) is 2.88. The van der Waals surface area contributed by atoms with E-state index in [0.717, 1.165) is 6.42 Å². The fourth-order valence-corrected chi connectivity index (χ4v) is 1.51. The number of ether oxygens (including phenoxy) is 1. The fourth-order valence-electron chi connectivity index (χ4n) is 1.51. The molecule has 2 amide bonds. The van der Waals surface area contributed by atoms with Crippen molar-refractivity contribution in [1.29, 1.82) is 0 Å². The van der Waals surface area contributed by atoms with Crippen LogP contribution in [0.4, 0.5) is 4.79 Å². The number of rotatable bonds is 8. The minimum absolute atomic E-state index is 0.0946. The van der Waals surface area contributed by atoms with E-state index in [2.05, 4.69) is 5.32 Å². The van der Waals surface area contributed by atoms with E-state index in [4.69, 9.17) is 9.84 Å². The molecule has 0 radical (unpaired) electrons. The topological polar surface area (TPSA) is 78.9 Å². The van der Waals surface area contributed by atoms with Crippen LogP contribution in [0, 0.1) is 0 Å². The van der Waals surface area contributed by atoms with Crippen LogP contribution in [-0.2, 0) is 9.53 Å². The molecule has 0 saturated carbocycles. The van der Waals surface area contributed by atoms with Gasteiger partial charge in [0, 0.05) is 13.2 Å². The van der Waals surface area contributed by atoms with Crippen LogP contribution in [0.1, 0.15) is 33.6 Å². The number of urea groups is 1. The number of carboxylic acid groups (broad SMARTS) is 1. The highest BCUT2D eigenvalue weighted by atomic mass is 16.5. The smallest absolute Gasteiger partial charge is 0.323 e. The number of carbonyl (C=O) groups excluding carboxylic acids is 1. The number of methoxy groups -OCH3 is 1. The molecule has 0 aliphatic carbocycles. The van der Waals surface area contributed by atoms with Crippen LogP contribution in [0.15, 0.2) is 0 Å². The molecule has 6 heteroatoms. The normalized spacial score (nSPS) is 13.8. The van der Waals surface area contributed by atoms with E-state index in [-0.39, 0.29) is 24.7 Å². The summed E-state index contributed by atoms with van der Waals surface area (Å²) in [7, 11) is 1.57. The van der Waals surface area contributed by atoms with Crippen molar-refractivity contribution in [2.75, 3.05) is 20.3 Å². The van der Waals surface area contributed by atoms with Crippen molar-refractivity contribution in [1.82, 2.24) is 10.2 Å². The van der Waals surface area contributed by atoms with E-state index in [9.17, 15) is 9.59 Å². The van der Waals surface area contributed by atoms with Crippen LogP contribution in [0.5, 0.6) is 0 Å². The van der Waals surface area contributed by atoms with E-state index in [1.54, 1.807) is 7.11 Å². The van der Waals surface area contributed by atoms with Gasteiger partial charge in [0.25, 0.3) is 0 Å². The SMILES string of the molecule is CCC(COC)NC(=O)N(CC(=O)O)C(C)CC. The van der Waals surface area contributed by atoms with Crippen molar-refractivity contribution in [3.63, 3.8) is 0 Å². The molecule has 2 atom stereocenters. The number of hydrogen-bond acceptors (Lipinski definition) is 3. The fraction of sp³-hybridized carbons (Fsp3) is 0.833. The zero-order valence-electron chi connectivity index (χ0n) is 11.6. The standard InChI is InChI=1S/C12H24N2O4/c1-5-9(3)14(7-11(15)16)12(17)13-10(6-2)8-18-4/h9-10H,5-8H2,1-4H3,(H,13,17)(H,15,16). The summed E-state index contributed by atoms with van der Waals surface area (Å²) in [4.78, 5) is 24.1. The highest BCUT2D eigenvalue weighted by molar-refractivity contribution is 5.80. The Bertz CT molecular complexity index is 271. The summed E-state index contributed by atoms with van der Waals surface area (Å²) in [5, 5.41) is 11.6. The van der Waals surface area contributed by atoms with E-state index < -0.39 is 5.97 Å². The molecule has 106 valence electrons. The Kier molecular flexibility index (Phi) is 8.11. The maximum absolute atomic E-state index is 12.0. The molecular formula is C12H24N2O4. The Balaban J connectivity index is 4.58. The minimum Gasteiger partial charge on any atom is -0.480 e. The Morgan fingerprint density at radius 3 is 2.33 bits per heavy atom. The summed E-state index contributed by atoms with van der Waals surface area (Å²) in [6, 6.07) is -0.556. The Morgan fingerprint density at radius 1 is 1.33 bits per heavy atom. The van der Waals surface area contributed by atoms with Crippen molar-refractivity contribution in [3.05, 3.63) is 0 Å². The highest BCUT2D eigenvalue weighted by Crippen LogP contribution is 2.05. The van der Waals surface area contributed by atoms with Crippen molar-refractivity contribution in [2.24, 2.45) is 0 Å². The molecule has 0 aliphatic rings. The first-order valence-corrected chi connectivity index (χ1v) is 6.24. The van der Waals surface area contributed by atoms with Gasteiger partial charge in [0.15, 0.2) is 0 Å². The number of nitrogens with one attached hydrogen (secondary N) is 1. The highest BCUT2D eigenvalue weighted by Gasteiger charge is 2.23. The molecule has 18 heavy (non-hydrogen) atoms. The molecule has 0 bridgehead atoms. The molecule has 2 N–H and O–H groups in total. The van der Waals surface area contributed by atoms with Crippen molar-refractivity contribution in [2.45, 2.75) is 45.7 Å². The average molecular weight is 260 g/mol. The molecule has 0 heterocycles. The molecular weight excluding hydrogens is 236 g/mol. The minimum atomic E-state index is -1.01. The van der Waals surface area contributed by atoms with E-state index in [0.29, 0.717) is 13.0 Å². The second kappa shape index (κ2) is 8.74. The van der Waals surface area contributed by atoms with Crippen molar-refractivity contribution >= 4 is 12.0 Å². The number of carbonyl (C=O) groups is 2. The molecule has 0 saturated heterocycles. The second-order valence-corrected chi connectivity index (χ2v) is 4.29. The van der Waals surface area contributed by atoms with Gasteiger partial charge < -0.3 is 20.1 Å². The summed E-state index contributed by atoms with van der Waals surface area (Å²) in [6.07, 6.45) is 1.45. The first-order valence-electron chi connectivity index (χ1n) is 6.24. The van der Waals surface area contributed by atoms with E-state index in [1.807, 2.05) is 20.8 Å². The van der Waals surface area contributed by atoms with Gasteiger partial charge >= 0.3 is 12.0 Å².